The van der Waals surface area contributed by atoms with Crippen LogP contribution < -0.4 is 10.6 Å². The maximum atomic E-state index is 5.04. The summed E-state index contributed by atoms with van der Waals surface area (Å²) in [4.78, 5) is 4.53. The Morgan fingerprint density at radius 1 is 1.25 bits per heavy atom. The summed E-state index contributed by atoms with van der Waals surface area (Å²) in [5.41, 5.74) is 0. The summed E-state index contributed by atoms with van der Waals surface area (Å²) in [5.74, 6) is 2.82. The van der Waals surface area contributed by atoms with Gasteiger partial charge in [-0.15, -0.1) is 24.0 Å². The average molecular weight is 395 g/mol. The van der Waals surface area contributed by atoms with E-state index in [1.54, 1.807) is 7.11 Å². The maximum Gasteiger partial charge on any atom is 0.191 e. The summed E-state index contributed by atoms with van der Waals surface area (Å²) in [7, 11) is 1.72. The zero-order valence-corrected chi connectivity index (χ0v) is 15.2. The summed E-state index contributed by atoms with van der Waals surface area (Å²) < 4.78 is 5.04. The van der Waals surface area contributed by atoms with Crippen LogP contribution in [0.1, 0.15) is 45.4 Å². The van der Waals surface area contributed by atoms with E-state index in [0.717, 1.165) is 30.9 Å². The predicted octanol–water partition coefficient (Wildman–Crippen LogP) is 2.77. The van der Waals surface area contributed by atoms with Crippen molar-refractivity contribution in [2.24, 2.45) is 16.8 Å². The van der Waals surface area contributed by atoms with Gasteiger partial charge >= 0.3 is 0 Å². The Bertz CT molecular complexity index is 293. The molecule has 0 spiro atoms. The van der Waals surface area contributed by atoms with Crippen LogP contribution in [0.3, 0.4) is 0 Å². The van der Waals surface area contributed by atoms with Crippen molar-refractivity contribution >= 4 is 29.9 Å². The number of hydrogen-bond acceptors (Lipinski definition) is 2. The van der Waals surface area contributed by atoms with E-state index in [1.165, 1.54) is 38.5 Å². The van der Waals surface area contributed by atoms with Gasteiger partial charge in [-0.05, 0) is 25.2 Å². The van der Waals surface area contributed by atoms with Crippen LogP contribution in [0.4, 0.5) is 0 Å². The fourth-order valence-electron chi connectivity index (χ4n) is 3.21. The molecule has 2 rings (SSSR count). The lowest BCUT2D eigenvalue weighted by Gasteiger charge is -2.22. The smallest absolute Gasteiger partial charge is 0.191 e. The second-order valence-electron chi connectivity index (χ2n) is 5.80. The lowest BCUT2D eigenvalue weighted by Crippen LogP contribution is -2.39. The van der Waals surface area contributed by atoms with Crippen LogP contribution in [0.2, 0.25) is 0 Å². The van der Waals surface area contributed by atoms with E-state index < -0.39 is 0 Å². The van der Waals surface area contributed by atoms with Gasteiger partial charge in [0.25, 0.3) is 0 Å². The molecular formula is C15H30IN3O. The van der Waals surface area contributed by atoms with Gasteiger partial charge in [0.05, 0.1) is 13.2 Å². The summed E-state index contributed by atoms with van der Waals surface area (Å²) in [6.07, 6.45) is 8.55. The van der Waals surface area contributed by atoms with E-state index in [0.29, 0.717) is 12.6 Å². The highest BCUT2D eigenvalue weighted by Gasteiger charge is 2.43. The van der Waals surface area contributed by atoms with Gasteiger partial charge < -0.3 is 15.4 Å². The monoisotopic (exact) mass is 395 g/mol. The van der Waals surface area contributed by atoms with Crippen molar-refractivity contribution in [2.75, 3.05) is 26.8 Å². The second-order valence-corrected chi connectivity index (χ2v) is 5.80. The number of methoxy groups -OCH3 is 1. The molecule has 0 aromatic heterocycles. The van der Waals surface area contributed by atoms with E-state index in [4.69, 9.17) is 4.74 Å². The molecule has 0 bridgehead atoms. The molecule has 0 amide bonds. The molecule has 118 valence electrons. The Kier molecular flexibility index (Phi) is 8.84. The summed E-state index contributed by atoms with van der Waals surface area (Å²) >= 11 is 0. The molecule has 4 nitrogen and oxygen atoms in total. The first kappa shape index (κ1) is 18.0. The van der Waals surface area contributed by atoms with Crippen LogP contribution in [-0.2, 0) is 4.74 Å². The van der Waals surface area contributed by atoms with Crippen molar-refractivity contribution < 1.29 is 4.74 Å². The maximum absolute atomic E-state index is 5.04. The Morgan fingerprint density at radius 3 is 2.65 bits per heavy atom. The fourth-order valence-corrected chi connectivity index (χ4v) is 3.21. The first-order valence-electron chi connectivity index (χ1n) is 7.89. The molecule has 2 N–H and O–H groups in total. The number of guanidine groups is 1. The highest BCUT2D eigenvalue weighted by molar-refractivity contribution is 14.0. The van der Waals surface area contributed by atoms with Crippen LogP contribution in [0.5, 0.6) is 0 Å². The van der Waals surface area contributed by atoms with Gasteiger partial charge in [-0.3, -0.25) is 4.99 Å². The van der Waals surface area contributed by atoms with Crippen LogP contribution >= 0.6 is 24.0 Å². The molecule has 2 fully saturated rings. The number of ether oxygens (including phenoxy) is 1. The molecule has 0 radical (unpaired) electrons. The van der Waals surface area contributed by atoms with Crippen molar-refractivity contribution in [1.82, 2.24) is 10.6 Å². The van der Waals surface area contributed by atoms with Gasteiger partial charge in [-0.2, -0.15) is 0 Å². The minimum atomic E-state index is 0. The lowest BCUT2D eigenvalue weighted by atomic mass is 9.85. The van der Waals surface area contributed by atoms with Crippen molar-refractivity contribution in [3.8, 4) is 0 Å². The van der Waals surface area contributed by atoms with E-state index in [-0.39, 0.29) is 24.0 Å². The van der Waals surface area contributed by atoms with Gasteiger partial charge in [0, 0.05) is 19.7 Å². The normalized spacial score (nSPS) is 26.8. The number of aliphatic imine (C=N–C) groups is 1. The van der Waals surface area contributed by atoms with Crippen LogP contribution in [-0.4, -0.2) is 38.8 Å². The summed E-state index contributed by atoms with van der Waals surface area (Å²) in [5, 5.41) is 6.90. The van der Waals surface area contributed by atoms with Gasteiger partial charge in [0.15, 0.2) is 5.96 Å². The third-order valence-electron chi connectivity index (χ3n) is 4.33. The minimum Gasteiger partial charge on any atom is -0.383 e. The molecule has 2 aliphatic rings. The van der Waals surface area contributed by atoms with E-state index in [2.05, 4.69) is 22.5 Å². The molecule has 0 heterocycles. The predicted molar refractivity (Wildman–Crippen MR) is 94.9 cm³/mol. The van der Waals surface area contributed by atoms with Crippen LogP contribution in [0.25, 0.3) is 0 Å². The van der Waals surface area contributed by atoms with E-state index in [9.17, 15) is 0 Å². The Hall–Kier alpha value is -0.0400. The first-order valence-corrected chi connectivity index (χ1v) is 7.89. The van der Waals surface area contributed by atoms with Crippen LogP contribution in [0, 0.1) is 11.8 Å². The molecule has 2 aliphatic carbocycles. The third kappa shape index (κ3) is 5.76. The highest BCUT2D eigenvalue weighted by Crippen LogP contribution is 2.44. The van der Waals surface area contributed by atoms with Crippen molar-refractivity contribution in [2.45, 2.75) is 51.5 Å². The first-order chi connectivity index (χ1) is 9.35. The summed E-state index contributed by atoms with van der Waals surface area (Å²) in [6, 6.07) is 0.656. The van der Waals surface area contributed by atoms with Crippen LogP contribution in [0.15, 0.2) is 4.99 Å². The molecule has 0 saturated heterocycles. The van der Waals surface area contributed by atoms with Gasteiger partial charge in [-0.1, -0.05) is 32.1 Å². The number of nitrogens with zero attached hydrogens (tertiary/aromatic N) is 1. The zero-order chi connectivity index (χ0) is 13.5. The number of halogens is 1. The van der Waals surface area contributed by atoms with Gasteiger partial charge in [0.1, 0.15) is 0 Å². The third-order valence-corrected chi connectivity index (χ3v) is 4.33. The fraction of sp³-hybridized carbons (Fsp3) is 0.933. The molecule has 0 aromatic carbocycles. The van der Waals surface area contributed by atoms with Crippen molar-refractivity contribution in [3.63, 3.8) is 0 Å². The number of nitrogens with one attached hydrogen (secondary N) is 2. The lowest BCUT2D eigenvalue weighted by molar-refractivity contribution is 0.208. The standard InChI is InChI=1S/C15H29N3O.HI/c1-3-16-15(17-9-10-19-2)18-14-11-13(14)12-7-5-4-6-8-12;/h12-14H,3-11H2,1-2H3,(H2,16,17,18);1H. The molecule has 5 heteroatoms. The molecular weight excluding hydrogens is 365 g/mol. The van der Waals surface area contributed by atoms with E-state index >= 15 is 0 Å². The molecule has 2 atom stereocenters. The van der Waals surface area contributed by atoms with Gasteiger partial charge in [0.2, 0.25) is 0 Å². The zero-order valence-electron chi connectivity index (χ0n) is 12.9. The molecule has 0 aliphatic heterocycles. The largest absolute Gasteiger partial charge is 0.383 e. The van der Waals surface area contributed by atoms with Crippen molar-refractivity contribution in [3.05, 3.63) is 0 Å². The molecule has 20 heavy (non-hydrogen) atoms. The Balaban J connectivity index is 0.00000200. The summed E-state index contributed by atoms with van der Waals surface area (Å²) in [6.45, 7) is 4.44. The Labute approximate surface area is 140 Å². The number of rotatable bonds is 6. The minimum absolute atomic E-state index is 0. The molecule has 2 unspecified atom stereocenters. The SMILES string of the molecule is CCNC(=NCCOC)NC1CC1C1CCCCC1.I. The second kappa shape index (κ2) is 9.82. The quantitative estimate of drug-likeness (QED) is 0.315. The Morgan fingerprint density at radius 2 is 2.00 bits per heavy atom. The van der Waals surface area contributed by atoms with E-state index in [1.807, 2.05) is 0 Å². The molecule has 0 aromatic rings. The highest BCUT2D eigenvalue weighted by atomic mass is 127. The molecule has 2 saturated carbocycles. The number of hydrogen-bond donors (Lipinski definition) is 2. The average Bonchev–Trinajstić information content (AvgIpc) is 3.19. The van der Waals surface area contributed by atoms with Gasteiger partial charge in [-0.25, -0.2) is 0 Å². The van der Waals surface area contributed by atoms with Crippen molar-refractivity contribution in [1.29, 1.82) is 0 Å². The topological polar surface area (TPSA) is 45.7 Å².